The summed E-state index contributed by atoms with van der Waals surface area (Å²) in [6, 6.07) is 11.6. The summed E-state index contributed by atoms with van der Waals surface area (Å²) in [5.41, 5.74) is 4.71. The third kappa shape index (κ3) is 4.94. The van der Waals surface area contributed by atoms with Crippen LogP contribution in [0, 0.1) is 32.6 Å². The molecule has 2 heterocycles. The minimum absolute atomic E-state index is 0.00343. The molecule has 4 rings (SSSR count). The maximum absolute atomic E-state index is 13.0. The van der Waals surface area contributed by atoms with Crippen molar-refractivity contribution in [1.82, 2.24) is 9.80 Å². The predicted octanol–water partition coefficient (Wildman–Crippen LogP) is 4.30. The highest BCUT2D eigenvalue weighted by Crippen LogP contribution is 2.32. The molecule has 2 saturated heterocycles. The number of carbonyl (C=O) groups excluding carboxylic acids is 2. The fraction of sp³-hybridized carbons (Fsp3) is 0.440. The lowest BCUT2D eigenvalue weighted by molar-refractivity contribution is -0.116. The fourth-order valence-corrected chi connectivity index (χ4v) is 4.91. The lowest BCUT2D eigenvalue weighted by Crippen LogP contribution is -2.34. The van der Waals surface area contributed by atoms with Crippen molar-refractivity contribution in [3.05, 3.63) is 63.7 Å². The molecule has 0 bridgehead atoms. The van der Waals surface area contributed by atoms with Gasteiger partial charge in [-0.25, -0.2) is 0 Å². The molecule has 2 aromatic rings. The maximum atomic E-state index is 13.0. The number of likely N-dealkylation sites (tertiary alicyclic amines) is 2. The van der Waals surface area contributed by atoms with E-state index in [1.807, 2.05) is 56.0 Å². The number of carbonyl (C=O) groups is 2. The molecule has 31 heavy (non-hydrogen) atoms. The molecule has 2 aromatic carbocycles. The van der Waals surface area contributed by atoms with Gasteiger partial charge in [-0.2, -0.15) is 0 Å². The van der Waals surface area contributed by atoms with Crippen LogP contribution in [-0.2, 0) is 4.79 Å². The Balaban J connectivity index is 1.26. The largest absolute Gasteiger partial charge is 0.338 e. The van der Waals surface area contributed by atoms with E-state index in [4.69, 9.17) is 11.6 Å². The summed E-state index contributed by atoms with van der Waals surface area (Å²) in [6.07, 6.45) is 0.454. The number of fused-ring (bicyclic) bond motifs is 1. The summed E-state index contributed by atoms with van der Waals surface area (Å²) in [6.45, 7) is 10.2. The molecule has 6 heteroatoms. The molecule has 0 spiro atoms. The summed E-state index contributed by atoms with van der Waals surface area (Å²) >= 11 is 6.13. The van der Waals surface area contributed by atoms with Gasteiger partial charge in [0.25, 0.3) is 5.91 Å². The number of anilines is 1. The van der Waals surface area contributed by atoms with E-state index in [1.165, 1.54) is 0 Å². The molecule has 2 aliphatic heterocycles. The number of halogens is 1. The second-order valence-electron chi connectivity index (χ2n) is 9.07. The van der Waals surface area contributed by atoms with E-state index < -0.39 is 0 Å². The van der Waals surface area contributed by atoms with E-state index in [9.17, 15) is 9.59 Å². The molecule has 2 fully saturated rings. The zero-order valence-corrected chi connectivity index (χ0v) is 19.2. The fourth-order valence-electron chi connectivity index (χ4n) is 4.73. The summed E-state index contributed by atoms with van der Waals surface area (Å²) in [7, 11) is 0. The molecule has 1 N–H and O–H groups in total. The van der Waals surface area contributed by atoms with Gasteiger partial charge in [0.05, 0.1) is 0 Å². The molecule has 0 aromatic heterocycles. The Labute approximate surface area is 189 Å². The molecular weight excluding hydrogens is 410 g/mol. The number of nitrogens with zero attached hydrogens (tertiary/aromatic N) is 2. The van der Waals surface area contributed by atoms with Crippen molar-refractivity contribution in [2.24, 2.45) is 11.8 Å². The Morgan fingerprint density at radius 1 is 0.968 bits per heavy atom. The van der Waals surface area contributed by atoms with E-state index in [0.717, 1.165) is 60.7 Å². The van der Waals surface area contributed by atoms with Crippen molar-refractivity contribution in [3.63, 3.8) is 0 Å². The van der Waals surface area contributed by atoms with Gasteiger partial charge in [0.15, 0.2) is 0 Å². The van der Waals surface area contributed by atoms with Gasteiger partial charge in [0, 0.05) is 55.4 Å². The maximum Gasteiger partial charge on any atom is 0.254 e. The van der Waals surface area contributed by atoms with Crippen molar-refractivity contribution in [2.75, 3.05) is 38.0 Å². The normalized spacial score (nSPS) is 20.7. The van der Waals surface area contributed by atoms with Gasteiger partial charge in [-0.05, 0) is 61.9 Å². The first-order valence-corrected chi connectivity index (χ1v) is 11.3. The monoisotopic (exact) mass is 439 g/mol. The zero-order chi connectivity index (χ0) is 22.1. The Hall–Kier alpha value is -2.37. The van der Waals surface area contributed by atoms with Crippen LogP contribution >= 0.6 is 11.6 Å². The van der Waals surface area contributed by atoms with Gasteiger partial charge in [0.2, 0.25) is 5.91 Å². The van der Waals surface area contributed by atoms with Gasteiger partial charge >= 0.3 is 0 Å². The summed E-state index contributed by atoms with van der Waals surface area (Å²) in [4.78, 5) is 29.7. The van der Waals surface area contributed by atoms with Crippen LogP contribution in [0.15, 0.2) is 36.4 Å². The molecule has 2 aliphatic rings. The quantitative estimate of drug-likeness (QED) is 0.755. The molecule has 2 unspecified atom stereocenters. The highest BCUT2D eigenvalue weighted by Gasteiger charge is 2.41. The Morgan fingerprint density at radius 3 is 2.32 bits per heavy atom. The number of nitrogens with one attached hydrogen (secondary N) is 1. The van der Waals surface area contributed by atoms with E-state index in [0.29, 0.717) is 23.3 Å². The second-order valence-corrected chi connectivity index (χ2v) is 9.48. The molecule has 0 aliphatic carbocycles. The number of hydrogen-bond donors (Lipinski definition) is 1. The highest BCUT2D eigenvalue weighted by molar-refractivity contribution is 6.31. The van der Waals surface area contributed by atoms with Crippen molar-refractivity contribution in [1.29, 1.82) is 0 Å². The lowest BCUT2D eigenvalue weighted by atomic mass is 10.0. The Morgan fingerprint density at radius 2 is 1.65 bits per heavy atom. The average molecular weight is 440 g/mol. The molecule has 0 saturated carbocycles. The third-order valence-corrected chi connectivity index (χ3v) is 6.99. The molecule has 5 nitrogen and oxygen atoms in total. The second kappa shape index (κ2) is 9.01. The van der Waals surface area contributed by atoms with Crippen LogP contribution in [0.1, 0.15) is 33.5 Å². The first-order valence-electron chi connectivity index (χ1n) is 10.9. The van der Waals surface area contributed by atoms with Gasteiger partial charge < -0.3 is 15.1 Å². The standard InChI is InChI=1S/C25H30ClN3O2/c1-16-4-5-17(2)22(10-16)25(31)29-14-19-12-28(13-20(19)15-29)9-8-24(30)27-21-7-6-18(3)23(26)11-21/h4-7,10-11,19-20H,8-9,12-15H2,1-3H3,(H,27,30). The predicted molar refractivity (Wildman–Crippen MR) is 125 cm³/mol. The van der Waals surface area contributed by atoms with Crippen LogP contribution in [0.3, 0.4) is 0 Å². The highest BCUT2D eigenvalue weighted by atomic mass is 35.5. The summed E-state index contributed by atoms with van der Waals surface area (Å²) < 4.78 is 0. The van der Waals surface area contributed by atoms with Crippen LogP contribution in [0.25, 0.3) is 0 Å². The van der Waals surface area contributed by atoms with Gasteiger partial charge in [0.1, 0.15) is 0 Å². The van der Waals surface area contributed by atoms with Crippen LogP contribution in [0.4, 0.5) is 5.69 Å². The van der Waals surface area contributed by atoms with Gasteiger partial charge in [-0.15, -0.1) is 0 Å². The molecular formula is C25H30ClN3O2. The van der Waals surface area contributed by atoms with Gasteiger partial charge in [-0.1, -0.05) is 35.4 Å². The average Bonchev–Trinajstić information content (AvgIpc) is 3.29. The van der Waals surface area contributed by atoms with Crippen molar-refractivity contribution in [3.8, 4) is 0 Å². The molecule has 164 valence electrons. The van der Waals surface area contributed by atoms with Crippen LogP contribution < -0.4 is 5.32 Å². The van der Waals surface area contributed by atoms with Crippen molar-refractivity contribution in [2.45, 2.75) is 27.2 Å². The Kier molecular flexibility index (Phi) is 6.35. The smallest absolute Gasteiger partial charge is 0.254 e. The molecule has 2 atom stereocenters. The van der Waals surface area contributed by atoms with E-state index in [-0.39, 0.29) is 11.8 Å². The van der Waals surface area contributed by atoms with Crippen LogP contribution in [-0.4, -0.2) is 54.3 Å². The SMILES string of the molecule is Cc1ccc(C)c(C(=O)N2CC3CN(CCC(=O)Nc4ccc(C)c(Cl)c4)CC3C2)c1. The minimum atomic E-state index is 0.00343. The number of rotatable bonds is 5. The van der Waals surface area contributed by atoms with Crippen LogP contribution in [0.2, 0.25) is 5.02 Å². The lowest BCUT2D eigenvalue weighted by Gasteiger charge is -2.22. The molecule has 2 amide bonds. The van der Waals surface area contributed by atoms with E-state index in [1.54, 1.807) is 6.07 Å². The molecule has 0 radical (unpaired) electrons. The van der Waals surface area contributed by atoms with E-state index in [2.05, 4.69) is 10.2 Å². The first-order chi connectivity index (χ1) is 14.8. The number of aryl methyl sites for hydroxylation is 3. The van der Waals surface area contributed by atoms with E-state index >= 15 is 0 Å². The van der Waals surface area contributed by atoms with Crippen LogP contribution in [0.5, 0.6) is 0 Å². The summed E-state index contributed by atoms with van der Waals surface area (Å²) in [5.74, 6) is 1.14. The summed E-state index contributed by atoms with van der Waals surface area (Å²) in [5, 5.41) is 3.59. The van der Waals surface area contributed by atoms with Gasteiger partial charge in [-0.3, -0.25) is 9.59 Å². The van der Waals surface area contributed by atoms with Crippen molar-refractivity contribution >= 4 is 29.1 Å². The van der Waals surface area contributed by atoms with Crippen molar-refractivity contribution < 1.29 is 9.59 Å². The number of amides is 2. The minimum Gasteiger partial charge on any atom is -0.338 e. The zero-order valence-electron chi connectivity index (χ0n) is 18.5. The number of hydrogen-bond acceptors (Lipinski definition) is 3. The third-order valence-electron chi connectivity index (χ3n) is 6.58. The topological polar surface area (TPSA) is 52.7 Å². The Bertz CT molecular complexity index is 992. The first kappa shape index (κ1) is 21.8. The number of benzene rings is 2.